The molecule has 1 aliphatic rings. The number of nitrogens with zero attached hydrogens (tertiary/aromatic N) is 1. The summed E-state index contributed by atoms with van der Waals surface area (Å²) < 4.78 is 38.0. The molecule has 0 bridgehead atoms. The average Bonchev–Trinajstić information content (AvgIpc) is 2.37. The van der Waals surface area contributed by atoms with Crippen molar-refractivity contribution in [3.05, 3.63) is 34.1 Å². The molecular weight excluding hydrogens is 361 g/mol. The van der Waals surface area contributed by atoms with Crippen LogP contribution in [-0.4, -0.2) is 37.9 Å². The van der Waals surface area contributed by atoms with Gasteiger partial charge >= 0.3 is 0 Å². The van der Waals surface area contributed by atoms with Crippen LogP contribution in [0.5, 0.6) is 0 Å². The molecule has 21 heavy (non-hydrogen) atoms. The molecule has 116 valence electrons. The van der Waals surface area contributed by atoms with Gasteiger partial charge in [0.25, 0.3) is 0 Å². The maximum absolute atomic E-state index is 13.0. The van der Waals surface area contributed by atoms with Crippen molar-refractivity contribution >= 4 is 31.7 Å². The van der Waals surface area contributed by atoms with Crippen LogP contribution in [0.15, 0.2) is 22.7 Å². The molecule has 1 fully saturated rings. The van der Waals surface area contributed by atoms with Crippen LogP contribution >= 0.6 is 15.9 Å². The van der Waals surface area contributed by atoms with E-state index in [1.807, 2.05) is 0 Å². The molecular formula is C14H17BrFNO3S. The van der Waals surface area contributed by atoms with Crippen LogP contribution < -0.4 is 0 Å². The van der Waals surface area contributed by atoms with Crippen LogP contribution in [-0.2, 0) is 10.0 Å². The Bertz CT molecular complexity index is 648. The van der Waals surface area contributed by atoms with Gasteiger partial charge in [0.15, 0.2) is 5.78 Å². The Balaban J connectivity index is 2.05. The Morgan fingerprint density at radius 3 is 2.81 bits per heavy atom. The van der Waals surface area contributed by atoms with Gasteiger partial charge in [0.2, 0.25) is 10.0 Å². The van der Waals surface area contributed by atoms with Crippen molar-refractivity contribution in [1.29, 1.82) is 0 Å². The van der Waals surface area contributed by atoms with E-state index in [1.165, 1.54) is 28.8 Å². The lowest BCUT2D eigenvalue weighted by Crippen LogP contribution is -2.39. The number of Topliss-reactive ketones (excluding diaryl/α,β-unsaturated/α-hetero) is 1. The van der Waals surface area contributed by atoms with Gasteiger partial charge in [0.05, 0.1) is 6.26 Å². The number of carbonyl (C=O) groups excluding carboxylic acids is 1. The Morgan fingerprint density at radius 1 is 1.48 bits per heavy atom. The summed E-state index contributed by atoms with van der Waals surface area (Å²) in [5.41, 5.74) is 0.438. The number of sulfonamides is 1. The molecule has 1 aromatic carbocycles. The molecule has 7 heteroatoms. The fraction of sp³-hybridized carbons (Fsp3) is 0.500. The highest BCUT2D eigenvalue weighted by Crippen LogP contribution is 2.26. The van der Waals surface area contributed by atoms with Crippen LogP contribution in [0.25, 0.3) is 0 Å². The summed E-state index contributed by atoms with van der Waals surface area (Å²) in [6.07, 6.45) is 3.05. The standard InChI is InChI=1S/C14H17BrFNO3S/c1-21(19,20)17-6-2-3-10(9-17)7-14(18)12-5-4-11(16)8-13(12)15/h4-5,8,10H,2-3,6-7,9H2,1H3. The number of piperidine rings is 1. The summed E-state index contributed by atoms with van der Waals surface area (Å²) in [5, 5.41) is 0. The first kappa shape index (κ1) is 16.6. The summed E-state index contributed by atoms with van der Waals surface area (Å²) in [6.45, 7) is 0.896. The Kier molecular flexibility index (Phi) is 5.16. The smallest absolute Gasteiger partial charge is 0.211 e. The number of carbonyl (C=O) groups is 1. The number of rotatable bonds is 4. The molecule has 1 heterocycles. The van der Waals surface area contributed by atoms with Crippen LogP contribution in [0.3, 0.4) is 0 Å². The molecule has 0 aromatic heterocycles. The molecule has 1 aromatic rings. The first-order valence-electron chi connectivity index (χ1n) is 6.71. The van der Waals surface area contributed by atoms with E-state index in [0.29, 0.717) is 23.1 Å². The Morgan fingerprint density at radius 2 is 2.19 bits per heavy atom. The van der Waals surface area contributed by atoms with Gasteiger partial charge in [0, 0.05) is 29.5 Å². The van der Waals surface area contributed by atoms with Gasteiger partial charge in [0.1, 0.15) is 5.82 Å². The predicted molar refractivity (Wildman–Crippen MR) is 82.2 cm³/mol. The van der Waals surface area contributed by atoms with Gasteiger partial charge in [-0.3, -0.25) is 4.79 Å². The van der Waals surface area contributed by atoms with Crippen LogP contribution in [0.4, 0.5) is 4.39 Å². The number of benzene rings is 1. The van der Waals surface area contributed by atoms with Crippen molar-refractivity contribution in [2.24, 2.45) is 5.92 Å². The highest BCUT2D eigenvalue weighted by Gasteiger charge is 2.27. The fourth-order valence-corrected chi connectivity index (χ4v) is 4.10. The molecule has 0 radical (unpaired) electrons. The van der Waals surface area contributed by atoms with E-state index < -0.39 is 15.8 Å². The van der Waals surface area contributed by atoms with Gasteiger partial charge in [-0.1, -0.05) is 0 Å². The summed E-state index contributed by atoms with van der Waals surface area (Å²) in [4.78, 5) is 12.3. The third-order valence-corrected chi connectivity index (χ3v) is 5.58. The molecule has 1 saturated heterocycles. The highest BCUT2D eigenvalue weighted by molar-refractivity contribution is 9.10. The first-order chi connectivity index (χ1) is 9.77. The highest BCUT2D eigenvalue weighted by atomic mass is 79.9. The second kappa shape index (κ2) is 6.54. The van der Waals surface area contributed by atoms with Gasteiger partial charge in [-0.15, -0.1) is 0 Å². The average molecular weight is 378 g/mol. The molecule has 0 amide bonds. The number of hydrogen-bond acceptors (Lipinski definition) is 3. The van der Waals surface area contributed by atoms with E-state index in [4.69, 9.17) is 0 Å². The van der Waals surface area contributed by atoms with E-state index in [9.17, 15) is 17.6 Å². The van der Waals surface area contributed by atoms with Gasteiger partial charge in [-0.25, -0.2) is 17.1 Å². The third kappa shape index (κ3) is 4.34. The Hall–Kier alpha value is -0.790. The van der Waals surface area contributed by atoms with Crippen molar-refractivity contribution in [1.82, 2.24) is 4.31 Å². The van der Waals surface area contributed by atoms with Crippen LogP contribution in [0.2, 0.25) is 0 Å². The summed E-state index contributed by atoms with van der Waals surface area (Å²) >= 11 is 3.19. The number of ketones is 1. The van der Waals surface area contributed by atoms with Crippen molar-refractivity contribution < 1.29 is 17.6 Å². The zero-order chi connectivity index (χ0) is 15.6. The molecule has 1 unspecified atom stereocenters. The van der Waals surface area contributed by atoms with Gasteiger partial charge in [-0.05, 0) is 52.9 Å². The molecule has 0 saturated carbocycles. The Labute approximate surface area is 132 Å². The van der Waals surface area contributed by atoms with Crippen molar-refractivity contribution in [2.75, 3.05) is 19.3 Å². The lowest BCUT2D eigenvalue weighted by molar-refractivity contribution is 0.0941. The molecule has 4 nitrogen and oxygen atoms in total. The SMILES string of the molecule is CS(=O)(=O)N1CCCC(CC(=O)c2ccc(F)cc2Br)C1. The van der Waals surface area contributed by atoms with E-state index in [1.54, 1.807) is 0 Å². The van der Waals surface area contributed by atoms with E-state index in [0.717, 1.165) is 12.8 Å². The molecule has 1 aliphatic heterocycles. The minimum absolute atomic E-state index is 0.0120. The molecule has 2 rings (SSSR count). The molecule has 0 aliphatic carbocycles. The normalized spacial score (nSPS) is 20.4. The summed E-state index contributed by atoms with van der Waals surface area (Å²) in [7, 11) is -3.21. The first-order valence-corrected chi connectivity index (χ1v) is 9.35. The predicted octanol–water partition coefficient (Wildman–Crippen LogP) is 2.83. The van der Waals surface area contributed by atoms with E-state index in [2.05, 4.69) is 15.9 Å². The topological polar surface area (TPSA) is 54.5 Å². The summed E-state index contributed by atoms with van der Waals surface area (Å²) in [5.74, 6) is -0.487. The minimum atomic E-state index is -3.21. The van der Waals surface area contributed by atoms with Gasteiger partial charge in [-0.2, -0.15) is 0 Å². The maximum Gasteiger partial charge on any atom is 0.211 e. The third-order valence-electron chi connectivity index (χ3n) is 3.66. The van der Waals surface area contributed by atoms with Crippen molar-refractivity contribution in [3.8, 4) is 0 Å². The summed E-state index contributed by atoms with van der Waals surface area (Å²) in [6, 6.07) is 3.97. The van der Waals surface area contributed by atoms with E-state index >= 15 is 0 Å². The lowest BCUT2D eigenvalue weighted by atomic mass is 9.92. The fourth-order valence-electron chi connectivity index (χ4n) is 2.58. The molecule has 1 atom stereocenters. The van der Waals surface area contributed by atoms with Crippen LogP contribution in [0, 0.1) is 11.7 Å². The minimum Gasteiger partial charge on any atom is -0.294 e. The largest absolute Gasteiger partial charge is 0.294 e. The van der Waals surface area contributed by atoms with Crippen LogP contribution in [0.1, 0.15) is 29.6 Å². The lowest BCUT2D eigenvalue weighted by Gasteiger charge is -2.30. The molecule has 0 spiro atoms. The maximum atomic E-state index is 13.0. The van der Waals surface area contributed by atoms with E-state index in [-0.39, 0.29) is 18.1 Å². The second-order valence-corrected chi connectivity index (χ2v) is 8.22. The zero-order valence-electron chi connectivity index (χ0n) is 11.7. The van der Waals surface area contributed by atoms with Crippen molar-refractivity contribution in [3.63, 3.8) is 0 Å². The molecule has 0 N–H and O–H groups in total. The number of halogens is 2. The monoisotopic (exact) mass is 377 g/mol. The quantitative estimate of drug-likeness (QED) is 0.758. The zero-order valence-corrected chi connectivity index (χ0v) is 14.1. The second-order valence-electron chi connectivity index (χ2n) is 5.38. The van der Waals surface area contributed by atoms with Crippen molar-refractivity contribution in [2.45, 2.75) is 19.3 Å². The van der Waals surface area contributed by atoms with Gasteiger partial charge < -0.3 is 0 Å². The number of hydrogen-bond donors (Lipinski definition) is 0.